The summed E-state index contributed by atoms with van der Waals surface area (Å²) in [6, 6.07) is 15.3. The summed E-state index contributed by atoms with van der Waals surface area (Å²) in [4.78, 5) is 12.4. The number of carbonyl (C=O) groups is 1. The van der Waals surface area contributed by atoms with Crippen LogP contribution in [0.15, 0.2) is 59.5 Å². The van der Waals surface area contributed by atoms with Gasteiger partial charge in [-0.25, -0.2) is 8.42 Å². The summed E-state index contributed by atoms with van der Waals surface area (Å²) in [6.07, 6.45) is 0.116. The van der Waals surface area contributed by atoms with Crippen LogP contribution in [0.2, 0.25) is 0 Å². The van der Waals surface area contributed by atoms with Gasteiger partial charge in [-0.3, -0.25) is 4.79 Å². The molecule has 0 atom stereocenters. The Labute approximate surface area is 154 Å². The van der Waals surface area contributed by atoms with Crippen LogP contribution in [0.5, 0.6) is 0 Å². The molecule has 0 radical (unpaired) electrons. The van der Waals surface area contributed by atoms with E-state index in [0.29, 0.717) is 12.3 Å². The first-order chi connectivity index (χ1) is 12.3. The van der Waals surface area contributed by atoms with Crippen LogP contribution in [0.25, 0.3) is 0 Å². The average molecular weight is 376 g/mol. The zero-order chi connectivity index (χ0) is 19.2. The number of hydrogen-bond donors (Lipinski definition) is 1. The van der Waals surface area contributed by atoms with Crippen LogP contribution in [0.4, 0.5) is 5.69 Å². The smallest absolute Gasteiger partial charge is 0.243 e. The van der Waals surface area contributed by atoms with Crippen molar-refractivity contribution < 1.29 is 17.9 Å². The van der Waals surface area contributed by atoms with Gasteiger partial charge in [0.1, 0.15) is 0 Å². The summed E-state index contributed by atoms with van der Waals surface area (Å²) >= 11 is 0. The molecule has 0 aromatic heterocycles. The molecule has 0 fully saturated rings. The quantitative estimate of drug-likeness (QED) is 0.769. The second-order valence-electron chi connectivity index (χ2n) is 6.18. The molecule has 0 aliphatic heterocycles. The van der Waals surface area contributed by atoms with Crippen LogP contribution in [0.3, 0.4) is 0 Å². The molecule has 1 amide bonds. The molecule has 2 aromatic carbocycles. The highest BCUT2D eigenvalue weighted by atomic mass is 32.2. The van der Waals surface area contributed by atoms with Crippen molar-refractivity contribution in [2.24, 2.45) is 0 Å². The van der Waals surface area contributed by atoms with E-state index in [1.54, 1.807) is 24.3 Å². The number of ether oxygens (including phenoxy) is 1. The van der Waals surface area contributed by atoms with Gasteiger partial charge in [-0.2, -0.15) is 4.31 Å². The molecule has 0 unspecified atom stereocenters. The third kappa shape index (κ3) is 5.66. The zero-order valence-corrected chi connectivity index (χ0v) is 16.0. The minimum Gasteiger partial charge on any atom is -0.374 e. The largest absolute Gasteiger partial charge is 0.374 e. The van der Waals surface area contributed by atoms with Gasteiger partial charge >= 0.3 is 0 Å². The van der Waals surface area contributed by atoms with Crippen molar-refractivity contribution in [1.29, 1.82) is 0 Å². The highest BCUT2D eigenvalue weighted by Gasteiger charge is 2.22. The maximum atomic E-state index is 12.5. The van der Waals surface area contributed by atoms with Crippen molar-refractivity contribution in [1.82, 2.24) is 4.31 Å². The average Bonchev–Trinajstić information content (AvgIpc) is 2.61. The van der Waals surface area contributed by atoms with E-state index < -0.39 is 15.9 Å². The second-order valence-corrected chi connectivity index (χ2v) is 8.23. The molecule has 140 valence electrons. The van der Waals surface area contributed by atoms with Gasteiger partial charge in [-0.15, -0.1) is 0 Å². The Morgan fingerprint density at radius 2 is 1.81 bits per heavy atom. The molecule has 0 saturated heterocycles. The topological polar surface area (TPSA) is 75.7 Å². The van der Waals surface area contributed by atoms with Crippen molar-refractivity contribution in [3.05, 3.63) is 60.2 Å². The lowest BCUT2D eigenvalue weighted by atomic mass is 10.2. The molecular weight excluding hydrogens is 352 g/mol. The summed E-state index contributed by atoms with van der Waals surface area (Å²) in [5.74, 6) is -0.408. The van der Waals surface area contributed by atoms with Crippen molar-refractivity contribution in [2.75, 3.05) is 18.9 Å². The van der Waals surface area contributed by atoms with E-state index in [1.807, 2.05) is 32.0 Å². The molecule has 0 aliphatic rings. The maximum Gasteiger partial charge on any atom is 0.243 e. The molecule has 2 aromatic rings. The van der Waals surface area contributed by atoms with E-state index in [2.05, 4.69) is 5.32 Å². The maximum absolute atomic E-state index is 12.5. The van der Waals surface area contributed by atoms with Crippen LogP contribution in [0, 0.1) is 0 Å². The zero-order valence-electron chi connectivity index (χ0n) is 15.2. The minimum absolute atomic E-state index is 0.116. The van der Waals surface area contributed by atoms with Crippen LogP contribution in [0.1, 0.15) is 19.4 Å². The third-order valence-corrected chi connectivity index (χ3v) is 5.43. The summed E-state index contributed by atoms with van der Waals surface area (Å²) < 4.78 is 31.5. The van der Waals surface area contributed by atoms with Gasteiger partial charge in [0.05, 0.1) is 24.2 Å². The SMILES string of the molecule is CC(C)OCc1cccc(NC(=O)CN(C)S(=O)(=O)c2ccccc2)c1. The van der Waals surface area contributed by atoms with Crippen molar-refractivity contribution >= 4 is 21.6 Å². The summed E-state index contributed by atoms with van der Waals surface area (Å²) in [6.45, 7) is 4.08. The predicted octanol–water partition coefficient (Wildman–Crippen LogP) is 2.87. The Balaban J connectivity index is 1.99. The van der Waals surface area contributed by atoms with Gasteiger partial charge in [0, 0.05) is 12.7 Å². The number of likely N-dealkylation sites (N-methyl/N-ethyl adjacent to an activating group) is 1. The Hall–Kier alpha value is -2.22. The van der Waals surface area contributed by atoms with Crippen LogP contribution in [-0.2, 0) is 26.2 Å². The van der Waals surface area contributed by atoms with E-state index in [0.717, 1.165) is 9.87 Å². The number of nitrogens with one attached hydrogen (secondary N) is 1. The molecule has 26 heavy (non-hydrogen) atoms. The highest BCUT2D eigenvalue weighted by Crippen LogP contribution is 2.15. The summed E-state index contributed by atoms with van der Waals surface area (Å²) in [5.41, 5.74) is 1.53. The number of rotatable bonds is 8. The van der Waals surface area contributed by atoms with E-state index in [1.165, 1.54) is 19.2 Å². The summed E-state index contributed by atoms with van der Waals surface area (Å²) in [7, 11) is -2.32. The Morgan fingerprint density at radius 3 is 2.46 bits per heavy atom. The fourth-order valence-corrected chi connectivity index (χ4v) is 3.41. The number of carbonyl (C=O) groups excluding carboxylic acids is 1. The fraction of sp³-hybridized carbons (Fsp3) is 0.316. The monoisotopic (exact) mass is 376 g/mol. The number of amides is 1. The van der Waals surface area contributed by atoms with Crippen molar-refractivity contribution in [2.45, 2.75) is 31.5 Å². The summed E-state index contributed by atoms with van der Waals surface area (Å²) in [5, 5.41) is 2.72. The number of sulfonamides is 1. The molecule has 0 saturated carbocycles. The third-order valence-electron chi connectivity index (χ3n) is 3.61. The number of nitrogens with zero attached hydrogens (tertiary/aromatic N) is 1. The first-order valence-electron chi connectivity index (χ1n) is 8.31. The lowest BCUT2D eigenvalue weighted by Crippen LogP contribution is -2.34. The van der Waals surface area contributed by atoms with Crippen molar-refractivity contribution in [3.8, 4) is 0 Å². The van der Waals surface area contributed by atoms with Gasteiger partial charge in [-0.05, 0) is 43.7 Å². The van der Waals surface area contributed by atoms with E-state index in [9.17, 15) is 13.2 Å². The molecule has 6 nitrogen and oxygen atoms in total. The standard InChI is InChI=1S/C19H24N2O4S/c1-15(2)25-14-16-8-7-9-17(12-16)20-19(22)13-21(3)26(23,24)18-10-5-4-6-11-18/h4-12,15H,13-14H2,1-3H3,(H,20,22). The van der Waals surface area contributed by atoms with Gasteiger partial charge in [0.2, 0.25) is 15.9 Å². The van der Waals surface area contributed by atoms with Gasteiger partial charge in [0.25, 0.3) is 0 Å². The molecule has 0 spiro atoms. The molecular formula is C19H24N2O4S. The Morgan fingerprint density at radius 1 is 1.12 bits per heavy atom. The molecule has 1 N–H and O–H groups in total. The highest BCUT2D eigenvalue weighted by molar-refractivity contribution is 7.89. The van der Waals surface area contributed by atoms with Gasteiger partial charge in [-0.1, -0.05) is 30.3 Å². The van der Waals surface area contributed by atoms with Crippen LogP contribution >= 0.6 is 0 Å². The number of anilines is 1. The predicted molar refractivity (Wildman–Crippen MR) is 101 cm³/mol. The Bertz CT molecular complexity index is 836. The minimum atomic E-state index is -3.70. The van der Waals surface area contributed by atoms with Crippen molar-refractivity contribution in [3.63, 3.8) is 0 Å². The van der Waals surface area contributed by atoms with E-state index in [-0.39, 0.29) is 17.5 Å². The van der Waals surface area contributed by atoms with Crippen LogP contribution in [-0.4, -0.2) is 38.3 Å². The molecule has 2 rings (SSSR count). The first-order valence-corrected chi connectivity index (χ1v) is 9.75. The van der Waals surface area contributed by atoms with E-state index in [4.69, 9.17) is 4.74 Å². The van der Waals surface area contributed by atoms with E-state index >= 15 is 0 Å². The first kappa shape index (κ1) is 20.1. The fourth-order valence-electron chi connectivity index (χ4n) is 2.26. The van der Waals surface area contributed by atoms with Gasteiger partial charge in [0.15, 0.2) is 0 Å². The van der Waals surface area contributed by atoms with Gasteiger partial charge < -0.3 is 10.1 Å². The Kier molecular flexibility index (Phi) is 6.90. The van der Waals surface area contributed by atoms with Crippen LogP contribution < -0.4 is 5.32 Å². The molecule has 0 heterocycles. The number of benzene rings is 2. The molecule has 0 bridgehead atoms. The second kappa shape index (κ2) is 8.93. The lowest BCUT2D eigenvalue weighted by Gasteiger charge is -2.17. The lowest BCUT2D eigenvalue weighted by molar-refractivity contribution is -0.116. The molecule has 0 aliphatic carbocycles. The molecule has 7 heteroatoms. The normalized spacial score (nSPS) is 11.7. The number of hydrogen-bond acceptors (Lipinski definition) is 4.